The lowest BCUT2D eigenvalue weighted by atomic mass is 10.1. The third-order valence-electron chi connectivity index (χ3n) is 2.61. The Morgan fingerprint density at radius 1 is 1.31 bits per heavy atom. The maximum atomic E-state index is 11.9. The molecule has 0 bridgehead atoms. The van der Waals surface area contributed by atoms with Crippen LogP contribution in [0.2, 0.25) is 0 Å². The average molecular weight is 228 g/mol. The van der Waals surface area contributed by atoms with Gasteiger partial charge >= 0.3 is 6.09 Å². The lowest BCUT2D eigenvalue weighted by molar-refractivity contribution is 0.0225. The van der Waals surface area contributed by atoms with Gasteiger partial charge in [-0.3, -0.25) is 0 Å². The Morgan fingerprint density at radius 3 is 2.62 bits per heavy atom. The molecule has 1 heterocycles. The molecule has 0 aromatic carbocycles. The Bertz CT molecular complexity index is 236. The Labute approximate surface area is 98.1 Å². The summed E-state index contributed by atoms with van der Waals surface area (Å²) >= 11 is 0. The molecule has 0 aromatic heterocycles. The molecule has 4 heteroatoms. The second-order valence-electron chi connectivity index (χ2n) is 5.54. The molecule has 0 unspecified atom stereocenters. The van der Waals surface area contributed by atoms with Crippen molar-refractivity contribution in [2.75, 3.05) is 13.1 Å². The number of hydrogen-bond acceptors (Lipinski definition) is 3. The molecule has 0 aromatic rings. The van der Waals surface area contributed by atoms with Crippen molar-refractivity contribution in [3.63, 3.8) is 0 Å². The van der Waals surface area contributed by atoms with Crippen LogP contribution in [-0.2, 0) is 4.74 Å². The fourth-order valence-electron chi connectivity index (χ4n) is 1.84. The third-order valence-corrected chi connectivity index (χ3v) is 2.61. The van der Waals surface area contributed by atoms with Gasteiger partial charge in [0.25, 0.3) is 0 Å². The highest BCUT2D eigenvalue weighted by Gasteiger charge is 2.24. The maximum Gasteiger partial charge on any atom is 0.410 e. The van der Waals surface area contributed by atoms with E-state index in [2.05, 4.69) is 0 Å². The second-order valence-corrected chi connectivity index (χ2v) is 5.54. The third kappa shape index (κ3) is 4.84. The highest BCUT2D eigenvalue weighted by molar-refractivity contribution is 5.68. The molecule has 16 heavy (non-hydrogen) atoms. The van der Waals surface area contributed by atoms with Gasteiger partial charge in [0, 0.05) is 19.1 Å². The number of ether oxygens (including phenoxy) is 1. The number of nitrogens with two attached hydrogens (primary N) is 1. The molecule has 4 nitrogen and oxygen atoms in total. The summed E-state index contributed by atoms with van der Waals surface area (Å²) in [5.74, 6) is 0. The zero-order valence-corrected chi connectivity index (χ0v) is 10.7. The molecule has 1 atom stereocenters. The van der Waals surface area contributed by atoms with Gasteiger partial charge in [-0.05, 0) is 33.6 Å². The van der Waals surface area contributed by atoms with Crippen LogP contribution in [0.1, 0.15) is 46.5 Å². The monoisotopic (exact) mass is 228 g/mol. The van der Waals surface area contributed by atoms with Crippen molar-refractivity contribution >= 4 is 6.09 Å². The quantitative estimate of drug-likeness (QED) is 0.691. The summed E-state index contributed by atoms with van der Waals surface area (Å²) in [6.07, 6.45) is 4.13. The molecule has 0 aliphatic carbocycles. The lowest BCUT2D eigenvalue weighted by Gasteiger charge is -2.30. The van der Waals surface area contributed by atoms with E-state index < -0.39 is 5.60 Å². The molecule has 1 aliphatic rings. The van der Waals surface area contributed by atoms with Gasteiger partial charge in [0.15, 0.2) is 0 Å². The Morgan fingerprint density at radius 2 is 2.00 bits per heavy atom. The fraction of sp³-hybridized carbons (Fsp3) is 0.917. The van der Waals surface area contributed by atoms with Crippen molar-refractivity contribution in [2.45, 2.75) is 58.1 Å². The van der Waals surface area contributed by atoms with Crippen LogP contribution in [0.4, 0.5) is 4.79 Å². The summed E-state index contributed by atoms with van der Waals surface area (Å²) < 4.78 is 5.35. The van der Waals surface area contributed by atoms with Crippen LogP contribution >= 0.6 is 0 Å². The van der Waals surface area contributed by atoms with E-state index in [1.807, 2.05) is 20.8 Å². The number of rotatable bonds is 0. The highest BCUT2D eigenvalue weighted by atomic mass is 16.6. The first kappa shape index (κ1) is 13.3. The summed E-state index contributed by atoms with van der Waals surface area (Å²) in [7, 11) is 0. The molecule has 1 amide bonds. The van der Waals surface area contributed by atoms with Crippen molar-refractivity contribution in [2.24, 2.45) is 5.73 Å². The molecule has 0 spiro atoms. The minimum Gasteiger partial charge on any atom is -0.444 e. The first-order valence-corrected chi connectivity index (χ1v) is 6.12. The SMILES string of the molecule is CC(C)(C)OC(=O)N1CCCCC[C@@H](N)C1. The van der Waals surface area contributed by atoms with Crippen LogP contribution in [0.25, 0.3) is 0 Å². The van der Waals surface area contributed by atoms with E-state index in [0.29, 0.717) is 6.54 Å². The molecular weight excluding hydrogens is 204 g/mol. The van der Waals surface area contributed by atoms with Gasteiger partial charge < -0.3 is 15.4 Å². The van der Waals surface area contributed by atoms with Crippen LogP contribution < -0.4 is 5.73 Å². The van der Waals surface area contributed by atoms with E-state index >= 15 is 0 Å². The van der Waals surface area contributed by atoms with Crippen molar-refractivity contribution in [3.05, 3.63) is 0 Å². The van der Waals surface area contributed by atoms with Crippen molar-refractivity contribution < 1.29 is 9.53 Å². The van der Waals surface area contributed by atoms with Gasteiger partial charge in [0.1, 0.15) is 5.60 Å². The smallest absolute Gasteiger partial charge is 0.410 e. The van der Waals surface area contributed by atoms with Crippen molar-refractivity contribution in [3.8, 4) is 0 Å². The largest absolute Gasteiger partial charge is 0.444 e. The van der Waals surface area contributed by atoms with E-state index in [-0.39, 0.29) is 12.1 Å². The predicted octanol–water partition coefficient (Wildman–Crippen LogP) is 2.12. The summed E-state index contributed by atoms with van der Waals surface area (Å²) in [6, 6.07) is 0.0906. The van der Waals surface area contributed by atoms with Gasteiger partial charge in [-0.1, -0.05) is 12.8 Å². The van der Waals surface area contributed by atoms with Gasteiger partial charge in [0.2, 0.25) is 0 Å². The molecule has 1 aliphatic heterocycles. The minimum absolute atomic E-state index is 0.0906. The fourth-order valence-corrected chi connectivity index (χ4v) is 1.84. The predicted molar refractivity (Wildman–Crippen MR) is 64.3 cm³/mol. The Kier molecular flexibility index (Phi) is 4.59. The van der Waals surface area contributed by atoms with Gasteiger partial charge in [0.05, 0.1) is 0 Å². The van der Waals surface area contributed by atoms with E-state index in [0.717, 1.165) is 25.8 Å². The lowest BCUT2D eigenvalue weighted by Crippen LogP contribution is -2.44. The number of carbonyl (C=O) groups is 1. The average Bonchev–Trinajstić information content (AvgIpc) is 2.07. The minimum atomic E-state index is -0.427. The Balaban J connectivity index is 2.51. The van der Waals surface area contributed by atoms with Crippen LogP contribution in [0.3, 0.4) is 0 Å². The number of amides is 1. The van der Waals surface area contributed by atoms with Crippen LogP contribution in [0.15, 0.2) is 0 Å². The Hall–Kier alpha value is -0.770. The maximum absolute atomic E-state index is 11.9. The molecule has 1 fully saturated rings. The van der Waals surface area contributed by atoms with Crippen LogP contribution in [0, 0.1) is 0 Å². The molecule has 1 saturated heterocycles. The summed E-state index contributed by atoms with van der Waals surface area (Å²) in [4.78, 5) is 13.6. The number of hydrogen-bond donors (Lipinski definition) is 1. The molecule has 2 N–H and O–H groups in total. The van der Waals surface area contributed by atoms with Gasteiger partial charge in [-0.25, -0.2) is 4.79 Å². The molecule has 0 saturated carbocycles. The van der Waals surface area contributed by atoms with Gasteiger partial charge in [-0.2, -0.15) is 0 Å². The summed E-state index contributed by atoms with van der Waals surface area (Å²) in [5, 5.41) is 0. The standard InChI is InChI=1S/C12H24N2O2/c1-12(2,3)16-11(15)14-8-6-4-5-7-10(13)9-14/h10H,4-9,13H2,1-3H3/t10-/m1/s1. The van der Waals surface area contributed by atoms with Gasteiger partial charge in [-0.15, -0.1) is 0 Å². The zero-order chi connectivity index (χ0) is 12.2. The number of likely N-dealkylation sites (tertiary alicyclic amines) is 1. The second kappa shape index (κ2) is 5.53. The zero-order valence-electron chi connectivity index (χ0n) is 10.7. The van der Waals surface area contributed by atoms with Crippen LogP contribution in [-0.4, -0.2) is 35.7 Å². The number of carbonyl (C=O) groups excluding carboxylic acids is 1. The number of nitrogens with zero attached hydrogens (tertiary/aromatic N) is 1. The van der Waals surface area contributed by atoms with E-state index in [1.165, 1.54) is 6.42 Å². The first-order chi connectivity index (χ1) is 7.38. The van der Waals surface area contributed by atoms with E-state index in [9.17, 15) is 4.79 Å². The normalized spacial score (nSPS) is 23.5. The van der Waals surface area contributed by atoms with Crippen LogP contribution in [0.5, 0.6) is 0 Å². The first-order valence-electron chi connectivity index (χ1n) is 6.12. The van der Waals surface area contributed by atoms with E-state index in [1.54, 1.807) is 4.90 Å². The summed E-state index contributed by atoms with van der Waals surface area (Å²) in [6.45, 7) is 7.04. The topological polar surface area (TPSA) is 55.6 Å². The van der Waals surface area contributed by atoms with Crippen molar-refractivity contribution in [1.82, 2.24) is 4.90 Å². The highest BCUT2D eigenvalue weighted by Crippen LogP contribution is 2.14. The molecule has 94 valence electrons. The van der Waals surface area contributed by atoms with E-state index in [4.69, 9.17) is 10.5 Å². The summed E-state index contributed by atoms with van der Waals surface area (Å²) in [5.41, 5.74) is 5.52. The molecule has 1 rings (SSSR count). The molecular formula is C12H24N2O2. The van der Waals surface area contributed by atoms with Crippen molar-refractivity contribution in [1.29, 1.82) is 0 Å². The molecule has 0 radical (unpaired) electrons.